The Kier molecular flexibility index (Phi) is 4.71. The Labute approximate surface area is 171 Å². The van der Waals surface area contributed by atoms with E-state index in [1.54, 1.807) is 24.3 Å². The van der Waals surface area contributed by atoms with Crippen molar-refractivity contribution in [2.75, 3.05) is 0 Å². The maximum Gasteiger partial charge on any atom is 0.312 e. The summed E-state index contributed by atoms with van der Waals surface area (Å²) in [7, 11) is 0. The third-order valence-corrected chi connectivity index (χ3v) is 4.96. The van der Waals surface area contributed by atoms with Crippen molar-refractivity contribution in [3.63, 3.8) is 0 Å². The van der Waals surface area contributed by atoms with Gasteiger partial charge in [0.1, 0.15) is 11.5 Å². The highest BCUT2D eigenvalue weighted by Gasteiger charge is 2.31. The summed E-state index contributed by atoms with van der Waals surface area (Å²) < 4.78 is 5.33. The molecule has 1 atom stereocenters. The average Bonchev–Trinajstić information content (AvgIpc) is 2.69. The third-order valence-electron chi connectivity index (χ3n) is 4.96. The quantitative estimate of drug-likeness (QED) is 0.194. The van der Waals surface area contributed by atoms with Crippen molar-refractivity contribution >= 4 is 18.1 Å². The Morgan fingerprint density at radius 3 is 2.20 bits per heavy atom. The predicted molar refractivity (Wildman–Crippen MR) is 109 cm³/mol. The minimum atomic E-state index is -0.482. The molecule has 5 N–H and O–H groups in total. The summed E-state index contributed by atoms with van der Waals surface area (Å²) in [6.45, 7) is 0. The monoisotopic (exact) mass is 406 g/mol. The Morgan fingerprint density at radius 1 is 0.800 bits per heavy atom. The molecule has 0 spiro atoms. The summed E-state index contributed by atoms with van der Waals surface area (Å²) >= 11 is 0. The summed E-state index contributed by atoms with van der Waals surface area (Å²) in [5.41, 5.74) is 2.42. The van der Waals surface area contributed by atoms with E-state index < -0.39 is 11.9 Å². The number of aromatic hydroxyl groups is 5. The second kappa shape index (κ2) is 7.36. The Hall–Kier alpha value is -4.13. The molecule has 0 radical (unpaired) electrons. The summed E-state index contributed by atoms with van der Waals surface area (Å²) in [5, 5.41) is 48.7. The minimum Gasteiger partial charge on any atom is -0.508 e. The summed E-state index contributed by atoms with van der Waals surface area (Å²) in [6.07, 6.45) is 3.38. The van der Waals surface area contributed by atoms with E-state index in [0.717, 1.165) is 0 Å². The fourth-order valence-electron chi connectivity index (χ4n) is 3.53. The first-order valence-electron chi connectivity index (χ1n) is 9.11. The highest BCUT2D eigenvalue weighted by atomic mass is 16.5. The standard InChI is InChI=1S/C23H18O7/c24-15-8-14(3-1-12-2-5-17(25)19(27)7-12)23-16(11-22(29)30-21(23)10-15)13-4-6-18(26)20(28)9-13/h1-10,16,24-28H,11H2/b3-1-. The number of benzene rings is 3. The molecule has 3 aromatic rings. The van der Waals surface area contributed by atoms with Gasteiger partial charge in [0.25, 0.3) is 0 Å². The van der Waals surface area contributed by atoms with Crippen LogP contribution >= 0.6 is 0 Å². The van der Waals surface area contributed by atoms with Crippen LogP contribution in [0.2, 0.25) is 0 Å². The van der Waals surface area contributed by atoms with Crippen molar-refractivity contribution in [3.8, 4) is 34.5 Å². The van der Waals surface area contributed by atoms with Crippen LogP contribution in [0, 0.1) is 0 Å². The molecule has 1 heterocycles. The predicted octanol–water partition coefficient (Wildman–Crippen LogP) is 3.83. The van der Waals surface area contributed by atoms with Gasteiger partial charge >= 0.3 is 5.97 Å². The SMILES string of the molecule is O=C1CC(c2ccc(O)c(O)c2)c2c(/C=C\c3ccc(O)c(O)c3)cc(O)cc2O1. The second-order valence-corrected chi connectivity index (χ2v) is 7.01. The molecular weight excluding hydrogens is 388 g/mol. The molecule has 0 saturated heterocycles. The van der Waals surface area contributed by atoms with Crippen LogP contribution in [-0.2, 0) is 4.79 Å². The molecule has 7 heteroatoms. The van der Waals surface area contributed by atoms with Crippen LogP contribution in [0.15, 0.2) is 48.5 Å². The van der Waals surface area contributed by atoms with Crippen molar-refractivity contribution < 1.29 is 35.1 Å². The van der Waals surface area contributed by atoms with Crippen LogP contribution in [0.3, 0.4) is 0 Å². The minimum absolute atomic E-state index is 0.0167. The number of phenols is 5. The summed E-state index contributed by atoms with van der Waals surface area (Å²) in [6, 6.07) is 11.6. The van der Waals surface area contributed by atoms with Crippen molar-refractivity contribution in [2.45, 2.75) is 12.3 Å². The van der Waals surface area contributed by atoms with Gasteiger partial charge in [-0.25, -0.2) is 0 Å². The first-order chi connectivity index (χ1) is 14.3. The molecule has 0 amide bonds. The fourth-order valence-corrected chi connectivity index (χ4v) is 3.53. The second-order valence-electron chi connectivity index (χ2n) is 7.01. The normalized spacial score (nSPS) is 15.7. The van der Waals surface area contributed by atoms with Gasteiger partial charge in [0.2, 0.25) is 0 Å². The van der Waals surface area contributed by atoms with Gasteiger partial charge in [-0.2, -0.15) is 0 Å². The van der Waals surface area contributed by atoms with Gasteiger partial charge in [0.05, 0.1) is 6.42 Å². The van der Waals surface area contributed by atoms with Crippen molar-refractivity contribution in [1.29, 1.82) is 0 Å². The Morgan fingerprint density at radius 2 is 1.50 bits per heavy atom. The largest absolute Gasteiger partial charge is 0.508 e. The number of carbonyl (C=O) groups excluding carboxylic acids is 1. The van der Waals surface area contributed by atoms with E-state index in [9.17, 15) is 30.3 Å². The van der Waals surface area contributed by atoms with Crippen LogP contribution in [0.5, 0.6) is 34.5 Å². The molecule has 0 bridgehead atoms. The van der Waals surface area contributed by atoms with Gasteiger partial charge in [-0.05, 0) is 47.0 Å². The topological polar surface area (TPSA) is 127 Å². The highest BCUT2D eigenvalue weighted by molar-refractivity contribution is 5.82. The lowest BCUT2D eigenvalue weighted by Crippen LogP contribution is -2.21. The number of phenolic OH excluding ortho intramolecular Hbond substituents is 5. The van der Waals surface area contributed by atoms with E-state index >= 15 is 0 Å². The Balaban J connectivity index is 1.82. The summed E-state index contributed by atoms with van der Waals surface area (Å²) in [5.74, 6) is -1.91. The van der Waals surface area contributed by atoms with E-state index in [1.165, 1.54) is 36.4 Å². The number of carbonyl (C=O) groups is 1. The fraction of sp³-hybridized carbons (Fsp3) is 0.0870. The number of hydrogen-bond acceptors (Lipinski definition) is 7. The molecular formula is C23H18O7. The molecule has 4 rings (SSSR count). The van der Waals surface area contributed by atoms with Gasteiger partial charge in [-0.3, -0.25) is 4.79 Å². The van der Waals surface area contributed by atoms with E-state index in [4.69, 9.17) is 4.74 Å². The lowest BCUT2D eigenvalue weighted by atomic mass is 9.83. The molecule has 0 saturated carbocycles. The van der Waals surface area contributed by atoms with Crippen LogP contribution in [0.4, 0.5) is 0 Å². The molecule has 1 aliphatic heterocycles. The number of rotatable bonds is 3. The molecule has 1 unspecified atom stereocenters. The summed E-state index contributed by atoms with van der Waals surface area (Å²) in [4.78, 5) is 12.1. The van der Waals surface area contributed by atoms with Crippen LogP contribution < -0.4 is 4.74 Å². The Bertz CT molecular complexity index is 1180. The number of ether oxygens (including phenoxy) is 1. The van der Waals surface area contributed by atoms with Crippen LogP contribution in [0.1, 0.15) is 34.6 Å². The average molecular weight is 406 g/mol. The van der Waals surface area contributed by atoms with Crippen molar-refractivity contribution in [2.24, 2.45) is 0 Å². The van der Waals surface area contributed by atoms with Gasteiger partial charge in [-0.15, -0.1) is 0 Å². The molecule has 1 aliphatic rings. The lowest BCUT2D eigenvalue weighted by molar-refractivity contribution is -0.135. The lowest BCUT2D eigenvalue weighted by Gasteiger charge is -2.27. The zero-order chi connectivity index (χ0) is 21.4. The van der Waals surface area contributed by atoms with Crippen molar-refractivity contribution in [1.82, 2.24) is 0 Å². The first kappa shape index (κ1) is 19.2. The smallest absolute Gasteiger partial charge is 0.312 e. The number of hydrogen-bond donors (Lipinski definition) is 5. The maximum absolute atomic E-state index is 12.1. The van der Waals surface area contributed by atoms with E-state index in [-0.39, 0.29) is 40.9 Å². The third kappa shape index (κ3) is 3.60. The van der Waals surface area contributed by atoms with Gasteiger partial charge in [0.15, 0.2) is 23.0 Å². The van der Waals surface area contributed by atoms with E-state index in [1.807, 2.05) is 0 Å². The molecule has 30 heavy (non-hydrogen) atoms. The highest BCUT2D eigenvalue weighted by Crippen LogP contribution is 2.44. The molecule has 0 aromatic heterocycles. The van der Waals surface area contributed by atoms with Gasteiger partial charge in [0, 0.05) is 17.5 Å². The van der Waals surface area contributed by atoms with Crippen molar-refractivity contribution in [3.05, 3.63) is 70.8 Å². The number of esters is 1. The van der Waals surface area contributed by atoms with E-state index in [0.29, 0.717) is 22.3 Å². The molecule has 0 aliphatic carbocycles. The maximum atomic E-state index is 12.1. The molecule has 3 aromatic carbocycles. The van der Waals surface area contributed by atoms with Gasteiger partial charge in [-0.1, -0.05) is 24.3 Å². The molecule has 0 fully saturated rings. The zero-order valence-electron chi connectivity index (χ0n) is 15.6. The number of fused-ring (bicyclic) bond motifs is 1. The molecule has 152 valence electrons. The molecule has 7 nitrogen and oxygen atoms in total. The van der Waals surface area contributed by atoms with Gasteiger partial charge < -0.3 is 30.3 Å². The van der Waals surface area contributed by atoms with E-state index in [2.05, 4.69) is 0 Å². The van der Waals surface area contributed by atoms with Crippen LogP contribution in [-0.4, -0.2) is 31.5 Å². The van der Waals surface area contributed by atoms with Crippen LogP contribution in [0.25, 0.3) is 12.2 Å². The first-order valence-corrected chi connectivity index (χ1v) is 9.11. The zero-order valence-corrected chi connectivity index (χ0v) is 15.6.